The monoisotopic (exact) mass is 342 g/mol. The molecule has 0 aliphatic carbocycles. The first-order valence-electron chi connectivity index (χ1n) is 8.70. The summed E-state index contributed by atoms with van der Waals surface area (Å²) in [6.45, 7) is 8.94. The lowest BCUT2D eigenvalue weighted by Crippen LogP contribution is -2.33. The molecule has 3 rings (SSSR count). The maximum atomic E-state index is 5.94. The van der Waals surface area contributed by atoms with Gasteiger partial charge in [0.1, 0.15) is 17.9 Å². The predicted octanol–water partition coefficient (Wildman–Crippen LogP) is 2.87. The molecule has 0 atom stereocenters. The van der Waals surface area contributed by atoms with E-state index in [1.54, 1.807) is 0 Å². The number of fused-ring (bicyclic) bond motifs is 3. The predicted molar refractivity (Wildman–Crippen MR) is 99.4 cm³/mol. The molecular weight excluding hydrogens is 316 g/mol. The zero-order chi connectivity index (χ0) is 17.9. The lowest BCUT2D eigenvalue weighted by molar-refractivity contribution is -0.0258. The number of hydrogen-bond acceptors (Lipinski definition) is 5. The van der Waals surface area contributed by atoms with Crippen LogP contribution in [0.4, 0.5) is 0 Å². The van der Waals surface area contributed by atoms with Crippen LogP contribution in [0, 0.1) is 0 Å². The molecule has 0 radical (unpaired) electrons. The molecular formula is C19H26N4O2. The highest BCUT2D eigenvalue weighted by Crippen LogP contribution is 2.27. The van der Waals surface area contributed by atoms with Crippen LogP contribution in [0.5, 0.6) is 0 Å². The summed E-state index contributed by atoms with van der Waals surface area (Å²) >= 11 is 0. The van der Waals surface area contributed by atoms with Gasteiger partial charge in [-0.2, -0.15) is 0 Å². The van der Waals surface area contributed by atoms with Gasteiger partial charge in [0, 0.05) is 18.5 Å². The number of rotatable bonds is 8. The van der Waals surface area contributed by atoms with E-state index in [1.165, 1.54) is 0 Å². The fourth-order valence-corrected chi connectivity index (χ4v) is 3.05. The lowest BCUT2D eigenvalue weighted by Gasteiger charge is -2.27. The molecule has 0 fully saturated rings. The molecule has 2 heterocycles. The molecule has 6 nitrogen and oxygen atoms in total. The van der Waals surface area contributed by atoms with Gasteiger partial charge in [0.15, 0.2) is 0 Å². The van der Waals surface area contributed by atoms with Gasteiger partial charge in [-0.05, 0) is 26.8 Å². The van der Waals surface area contributed by atoms with Gasteiger partial charge in [0.25, 0.3) is 0 Å². The van der Waals surface area contributed by atoms with Crippen LogP contribution >= 0.6 is 0 Å². The normalized spacial score (nSPS) is 12.3. The van der Waals surface area contributed by atoms with Gasteiger partial charge >= 0.3 is 0 Å². The van der Waals surface area contributed by atoms with Gasteiger partial charge in [-0.25, -0.2) is 4.98 Å². The number of imidazole rings is 1. The van der Waals surface area contributed by atoms with Crippen molar-refractivity contribution in [2.24, 2.45) is 5.73 Å². The molecule has 6 heteroatoms. The van der Waals surface area contributed by atoms with Crippen LogP contribution in [0.15, 0.2) is 30.5 Å². The van der Waals surface area contributed by atoms with Crippen molar-refractivity contribution in [2.45, 2.75) is 39.5 Å². The van der Waals surface area contributed by atoms with Crippen molar-refractivity contribution in [3.05, 3.63) is 36.3 Å². The van der Waals surface area contributed by atoms with E-state index in [2.05, 4.69) is 29.5 Å². The molecule has 2 aromatic heterocycles. The van der Waals surface area contributed by atoms with Gasteiger partial charge in [0.2, 0.25) is 0 Å². The number of ether oxygens (including phenoxy) is 2. The van der Waals surface area contributed by atoms with Crippen LogP contribution in [0.2, 0.25) is 0 Å². The molecule has 0 saturated heterocycles. The SMILES string of the molecule is CCOCc1nc2cnc3ccccc3c2n1CC(C)(C)OCCN. The average molecular weight is 342 g/mol. The maximum absolute atomic E-state index is 5.94. The summed E-state index contributed by atoms with van der Waals surface area (Å²) < 4.78 is 13.8. The van der Waals surface area contributed by atoms with Crippen LogP contribution in [0.3, 0.4) is 0 Å². The van der Waals surface area contributed by atoms with Gasteiger partial charge in [-0.15, -0.1) is 0 Å². The van der Waals surface area contributed by atoms with Crippen LogP contribution < -0.4 is 5.73 Å². The maximum Gasteiger partial charge on any atom is 0.136 e. The molecule has 3 aromatic rings. The Morgan fingerprint density at radius 2 is 2.00 bits per heavy atom. The van der Waals surface area contributed by atoms with E-state index in [0.29, 0.717) is 32.9 Å². The number of aromatic nitrogens is 3. The van der Waals surface area contributed by atoms with Crippen molar-refractivity contribution in [1.29, 1.82) is 0 Å². The van der Waals surface area contributed by atoms with Crippen molar-refractivity contribution in [1.82, 2.24) is 14.5 Å². The summed E-state index contributed by atoms with van der Waals surface area (Å²) in [5.41, 5.74) is 8.14. The highest BCUT2D eigenvalue weighted by Gasteiger charge is 2.23. The Bertz CT molecular complexity index is 857. The summed E-state index contributed by atoms with van der Waals surface area (Å²) in [6, 6.07) is 8.13. The molecule has 0 bridgehead atoms. The molecule has 1 aromatic carbocycles. The van der Waals surface area contributed by atoms with E-state index in [-0.39, 0.29) is 5.60 Å². The Kier molecular flexibility index (Phi) is 5.32. The Morgan fingerprint density at radius 1 is 1.20 bits per heavy atom. The minimum absolute atomic E-state index is 0.363. The van der Waals surface area contributed by atoms with E-state index in [0.717, 1.165) is 27.8 Å². The molecule has 0 aliphatic heterocycles. The second kappa shape index (κ2) is 7.47. The van der Waals surface area contributed by atoms with Crippen LogP contribution in [-0.4, -0.2) is 39.9 Å². The van der Waals surface area contributed by atoms with E-state index >= 15 is 0 Å². The Balaban J connectivity index is 2.12. The standard InChI is InChI=1S/C19H26N4O2/c1-4-24-12-17-22-16-11-21-15-8-6-5-7-14(15)18(16)23(17)13-19(2,3)25-10-9-20/h5-8,11H,4,9-10,12-13,20H2,1-3H3. The number of pyridine rings is 1. The average Bonchev–Trinajstić information content (AvgIpc) is 2.95. The fourth-order valence-electron chi connectivity index (χ4n) is 3.05. The number of nitrogens with two attached hydrogens (primary N) is 1. The number of benzene rings is 1. The quantitative estimate of drug-likeness (QED) is 0.681. The van der Waals surface area contributed by atoms with Crippen molar-refractivity contribution in [3.8, 4) is 0 Å². The largest absolute Gasteiger partial charge is 0.374 e. The summed E-state index contributed by atoms with van der Waals surface area (Å²) in [6.07, 6.45) is 1.83. The van der Waals surface area contributed by atoms with E-state index in [9.17, 15) is 0 Å². The molecule has 25 heavy (non-hydrogen) atoms. The Hall–Kier alpha value is -2.02. The number of nitrogens with zero attached hydrogens (tertiary/aromatic N) is 3. The first-order valence-corrected chi connectivity index (χ1v) is 8.70. The highest BCUT2D eigenvalue weighted by molar-refractivity contribution is 6.02. The van der Waals surface area contributed by atoms with Crippen molar-refractivity contribution in [3.63, 3.8) is 0 Å². The highest BCUT2D eigenvalue weighted by atomic mass is 16.5. The third kappa shape index (κ3) is 3.81. The summed E-state index contributed by atoms with van der Waals surface area (Å²) in [5.74, 6) is 0.888. The summed E-state index contributed by atoms with van der Waals surface area (Å²) in [7, 11) is 0. The Labute approximate surface area is 148 Å². The molecule has 134 valence electrons. The third-order valence-corrected chi connectivity index (χ3v) is 4.14. The van der Waals surface area contributed by atoms with E-state index < -0.39 is 0 Å². The van der Waals surface area contributed by atoms with Crippen LogP contribution in [0.1, 0.15) is 26.6 Å². The van der Waals surface area contributed by atoms with Gasteiger partial charge < -0.3 is 19.8 Å². The van der Waals surface area contributed by atoms with Crippen molar-refractivity contribution in [2.75, 3.05) is 19.8 Å². The zero-order valence-corrected chi connectivity index (χ0v) is 15.2. The lowest BCUT2D eigenvalue weighted by atomic mass is 10.1. The smallest absolute Gasteiger partial charge is 0.136 e. The van der Waals surface area contributed by atoms with Crippen LogP contribution in [-0.2, 0) is 22.6 Å². The third-order valence-electron chi connectivity index (χ3n) is 4.14. The second-order valence-corrected chi connectivity index (χ2v) is 6.66. The van der Waals surface area contributed by atoms with Gasteiger partial charge in [-0.1, -0.05) is 18.2 Å². The number of hydrogen-bond donors (Lipinski definition) is 1. The van der Waals surface area contributed by atoms with Crippen molar-refractivity contribution < 1.29 is 9.47 Å². The number of para-hydroxylation sites is 1. The van der Waals surface area contributed by atoms with Crippen LogP contribution in [0.25, 0.3) is 21.9 Å². The topological polar surface area (TPSA) is 75.2 Å². The molecule has 0 saturated carbocycles. The Morgan fingerprint density at radius 3 is 2.76 bits per heavy atom. The molecule has 0 unspecified atom stereocenters. The minimum Gasteiger partial charge on any atom is -0.374 e. The first-order chi connectivity index (χ1) is 12.1. The van der Waals surface area contributed by atoms with E-state index in [1.807, 2.05) is 31.3 Å². The summed E-state index contributed by atoms with van der Waals surface area (Å²) in [4.78, 5) is 9.29. The fraction of sp³-hybridized carbons (Fsp3) is 0.474. The van der Waals surface area contributed by atoms with E-state index in [4.69, 9.17) is 20.2 Å². The second-order valence-electron chi connectivity index (χ2n) is 6.66. The summed E-state index contributed by atoms with van der Waals surface area (Å²) in [5, 5.41) is 1.09. The van der Waals surface area contributed by atoms with Gasteiger partial charge in [0.05, 0.1) is 36.0 Å². The molecule has 0 amide bonds. The van der Waals surface area contributed by atoms with Gasteiger partial charge in [-0.3, -0.25) is 4.98 Å². The zero-order valence-electron chi connectivity index (χ0n) is 15.2. The molecule has 2 N–H and O–H groups in total. The van der Waals surface area contributed by atoms with Crippen molar-refractivity contribution >= 4 is 21.9 Å². The first kappa shape index (κ1) is 17.8. The minimum atomic E-state index is -0.363. The molecule has 0 aliphatic rings. The molecule has 0 spiro atoms.